The molecule has 2 fully saturated rings. The maximum Gasteiger partial charge on any atom is 0.225 e. The van der Waals surface area contributed by atoms with E-state index in [0.29, 0.717) is 55.5 Å². The molecule has 0 N–H and O–H groups in total. The third kappa shape index (κ3) is 4.44. The molecule has 2 heterocycles. The van der Waals surface area contributed by atoms with E-state index in [1.807, 2.05) is 36.1 Å². The summed E-state index contributed by atoms with van der Waals surface area (Å²) in [6.07, 6.45) is 2.55. The van der Waals surface area contributed by atoms with E-state index in [9.17, 15) is 15.3 Å². The Hall–Kier alpha value is -3.42. The third-order valence-electron chi connectivity index (χ3n) is 6.19. The predicted octanol–water partition coefficient (Wildman–Crippen LogP) is 3.44. The normalized spacial score (nSPS) is 18.2. The van der Waals surface area contributed by atoms with Gasteiger partial charge in [-0.25, -0.2) is 4.98 Å². The minimum Gasteiger partial charge on any atom is -0.384 e. The molecule has 0 radical (unpaired) electrons. The molecule has 0 spiro atoms. The highest BCUT2D eigenvalue weighted by molar-refractivity contribution is 5.77. The summed E-state index contributed by atoms with van der Waals surface area (Å²) >= 11 is 0. The lowest BCUT2D eigenvalue weighted by Gasteiger charge is -2.41. The molecule has 7 heteroatoms. The fraction of sp³-hybridized carbons (Fsp3) is 0.440. The fourth-order valence-corrected chi connectivity index (χ4v) is 4.35. The second-order valence-electron chi connectivity index (χ2n) is 8.50. The summed E-state index contributed by atoms with van der Waals surface area (Å²) in [5.74, 6) is 1.18. The van der Waals surface area contributed by atoms with Crippen LogP contribution in [0.4, 0.5) is 5.82 Å². The molecule has 1 amide bonds. The van der Waals surface area contributed by atoms with Crippen LogP contribution in [0.25, 0.3) is 11.1 Å². The third-order valence-corrected chi connectivity index (χ3v) is 6.19. The monoisotopic (exact) mass is 429 g/mol. The molecule has 1 aliphatic heterocycles. The summed E-state index contributed by atoms with van der Waals surface area (Å²) in [7, 11) is 1.60. The highest BCUT2D eigenvalue weighted by Crippen LogP contribution is 2.45. The molecule has 2 aliphatic rings. The number of rotatable bonds is 6. The van der Waals surface area contributed by atoms with Crippen molar-refractivity contribution in [3.63, 3.8) is 0 Å². The van der Waals surface area contributed by atoms with Crippen molar-refractivity contribution in [1.82, 2.24) is 9.88 Å². The molecule has 0 unspecified atom stereocenters. The highest BCUT2D eigenvalue weighted by Gasteiger charge is 2.33. The van der Waals surface area contributed by atoms with Crippen molar-refractivity contribution in [2.24, 2.45) is 0 Å². The molecular weight excluding hydrogens is 402 g/mol. The molecule has 1 aliphatic carbocycles. The minimum absolute atomic E-state index is 0.0258. The SMILES string of the molecule is COCCC(=O)N1CCN(c2nc(C3CC3)c(-c3cccc(C#N)c3)cc2C#N)C[C@H]1C. The molecule has 1 aromatic carbocycles. The molecule has 0 bridgehead atoms. The number of carbonyl (C=O) groups excluding carboxylic acids is 1. The van der Waals surface area contributed by atoms with Crippen molar-refractivity contribution >= 4 is 11.7 Å². The molecule has 4 rings (SSSR count). The van der Waals surface area contributed by atoms with Crippen LogP contribution in [0, 0.1) is 22.7 Å². The first-order valence-electron chi connectivity index (χ1n) is 11.0. The van der Waals surface area contributed by atoms with Gasteiger partial charge >= 0.3 is 0 Å². The molecule has 2 aromatic rings. The number of nitriles is 2. The average Bonchev–Trinajstić information content (AvgIpc) is 3.67. The van der Waals surface area contributed by atoms with Gasteiger partial charge in [0.05, 0.1) is 35.9 Å². The summed E-state index contributed by atoms with van der Waals surface area (Å²) in [6.45, 7) is 4.32. The number of hydrogen-bond donors (Lipinski definition) is 0. The molecule has 32 heavy (non-hydrogen) atoms. The van der Waals surface area contributed by atoms with Crippen LogP contribution in [0.5, 0.6) is 0 Å². The minimum atomic E-state index is 0.0258. The number of anilines is 1. The predicted molar refractivity (Wildman–Crippen MR) is 121 cm³/mol. The smallest absolute Gasteiger partial charge is 0.225 e. The average molecular weight is 430 g/mol. The fourth-order valence-electron chi connectivity index (χ4n) is 4.35. The van der Waals surface area contributed by atoms with Crippen LogP contribution in [-0.4, -0.2) is 55.2 Å². The summed E-state index contributed by atoms with van der Waals surface area (Å²) in [4.78, 5) is 21.5. The first-order valence-corrected chi connectivity index (χ1v) is 11.0. The number of benzene rings is 1. The molecule has 1 atom stereocenters. The Morgan fingerprint density at radius 1 is 1.22 bits per heavy atom. The Bertz CT molecular complexity index is 1100. The van der Waals surface area contributed by atoms with Gasteiger partial charge in [0.2, 0.25) is 5.91 Å². The van der Waals surface area contributed by atoms with Gasteiger partial charge in [-0.1, -0.05) is 12.1 Å². The van der Waals surface area contributed by atoms with E-state index in [1.54, 1.807) is 13.2 Å². The van der Waals surface area contributed by atoms with Crippen molar-refractivity contribution in [3.8, 4) is 23.3 Å². The molecule has 164 valence electrons. The number of amides is 1. The number of pyridine rings is 1. The van der Waals surface area contributed by atoms with E-state index in [-0.39, 0.29) is 11.9 Å². The van der Waals surface area contributed by atoms with E-state index in [0.717, 1.165) is 29.7 Å². The quantitative estimate of drug-likeness (QED) is 0.698. The van der Waals surface area contributed by atoms with Gasteiger partial charge in [-0.2, -0.15) is 10.5 Å². The summed E-state index contributed by atoms with van der Waals surface area (Å²) < 4.78 is 5.04. The zero-order valence-electron chi connectivity index (χ0n) is 18.5. The van der Waals surface area contributed by atoms with Crippen LogP contribution in [0.2, 0.25) is 0 Å². The standard InChI is InChI=1S/C25H27N5O2/c1-17-16-29(9-10-30(17)23(31)8-11-32-2)25-21(15-27)13-22(24(28-25)19-6-7-19)20-5-3-4-18(12-20)14-26/h3-5,12-13,17,19H,6-11,16H2,1-2H3/t17-/m1/s1. The largest absolute Gasteiger partial charge is 0.384 e. The van der Waals surface area contributed by atoms with Gasteiger partial charge < -0.3 is 14.5 Å². The highest BCUT2D eigenvalue weighted by atomic mass is 16.5. The van der Waals surface area contributed by atoms with E-state index in [1.165, 1.54) is 0 Å². The van der Waals surface area contributed by atoms with Gasteiger partial charge in [0, 0.05) is 44.3 Å². The van der Waals surface area contributed by atoms with Crippen molar-refractivity contribution < 1.29 is 9.53 Å². The van der Waals surface area contributed by atoms with Gasteiger partial charge in [-0.05, 0) is 43.5 Å². The first kappa shape index (κ1) is 21.8. The maximum absolute atomic E-state index is 12.5. The van der Waals surface area contributed by atoms with Crippen molar-refractivity contribution in [3.05, 3.63) is 47.2 Å². The van der Waals surface area contributed by atoms with Gasteiger partial charge in [-0.3, -0.25) is 4.79 Å². The molecule has 1 aromatic heterocycles. The topological polar surface area (TPSA) is 93.2 Å². The number of nitrogens with zero attached hydrogens (tertiary/aromatic N) is 5. The second kappa shape index (κ2) is 9.38. The summed E-state index contributed by atoms with van der Waals surface area (Å²) in [6, 6.07) is 13.9. The number of carbonyl (C=O) groups is 1. The summed E-state index contributed by atoms with van der Waals surface area (Å²) in [5, 5.41) is 19.2. The maximum atomic E-state index is 12.5. The Morgan fingerprint density at radius 3 is 2.69 bits per heavy atom. The zero-order valence-corrected chi connectivity index (χ0v) is 18.5. The number of piperazine rings is 1. The van der Waals surface area contributed by atoms with Gasteiger partial charge in [0.1, 0.15) is 11.9 Å². The molecular formula is C25H27N5O2. The van der Waals surface area contributed by atoms with Gasteiger partial charge in [0.25, 0.3) is 0 Å². The van der Waals surface area contributed by atoms with Crippen LogP contribution in [0.15, 0.2) is 30.3 Å². The van der Waals surface area contributed by atoms with Crippen molar-refractivity contribution in [2.45, 2.75) is 38.1 Å². The summed E-state index contributed by atoms with van der Waals surface area (Å²) in [5.41, 5.74) is 3.98. The number of aromatic nitrogens is 1. The van der Waals surface area contributed by atoms with E-state index in [4.69, 9.17) is 9.72 Å². The van der Waals surface area contributed by atoms with Crippen LogP contribution >= 0.6 is 0 Å². The molecule has 1 saturated carbocycles. The second-order valence-corrected chi connectivity index (χ2v) is 8.50. The van der Waals surface area contributed by atoms with E-state index >= 15 is 0 Å². The van der Waals surface area contributed by atoms with Crippen LogP contribution in [0.1, 0.15) is 48.9 Å². The zero-order chi connectivity index (χ0) is 22.7. The number of hydrogen-bond acceptors (Lipinski definition) is 6. The Labute approximate surface area is 188 Å². The Kier molecular flexibility index (Phi) is 6.39. The lowest BCUT2D eigenvalue weighted by atomic mass is 9.97. The Morgan fingerprint density at radius 2 is 2.03 bits per heavy atom. The van der Waals surface area contributed by atoms with E-state index in [2.05, 4.69) is 17.0 Å². The van der Waals surface area contributed by atoms with Crippen LogP contribution in [-0.2, 0) is 9.53 Å². The molecule has 7 nitrogen and oxygen atoms in total. The lowest BCUT2D eigenvalue weighted by Crippen LogP contribution is -2.54. The number of methoxy groups -OCH3 is 1. The first-order chi connectivity index (χ1) is 15.5. The van der Waals surface area contributed by atoms with Crippen LogP contribution < -0.4 is 4.90 Å². The van der Waals surface area contributed by atoms with Gasteiger partial charge in [-0.15, -0.1) is 0 Å². The van der Waals surface area contributed by atoms with E-state index < -0.39 is 0 Å². The van der Waals surface area contributed by atoms with Crippen molar-refractivity contribution in [2.75, 3.05) is 38.3 Å². The van der Waals surface area contributed by atoms with Crippen molar-refractivity contribution in [1.29, 1.82) is 10.5 Å². The van der Waals surface area contributed by atoms with Crippen LogP contribution in [0.3, 0.4) is 0 Å². The Balaban J connectivity index is 1.64. The molecule has 1 saturated heterocycles. The lowest BCUT2D eigenvalue weighted by molar-refractivity contribution is -0.134. The van der Waals surface area contributed by atoms with Gasteiger partial charge in [0.15, 0.2) is 0 Å². The number of ether oxygens (including phenoxy) is 1.